The van der Waals surface area contributed by atoms with Crippen LogP contribution in [0.25, 0.3) is 11.4 Å². The van der Waals surface area contributed by atoms with Gasteiger partial charge in [0.1, 0.15) is 0 Å². The lowest BCUT2D eigenvalue weighted by Gasteiger charge is -2.17. The molecule has 0 aliphatic heterocycles. The van der Waals surface area contributed by atoms with E-state index in [9.17, 15) is 0 Å². The largest absolute Gasteiger partial charge is 0.338 e. The summed E-state index contributed by atoms with van der Waals surface area (Å²) in [5.41, 5.74) is 9.39. The maximum Gasteiger partial charge on any atom is 0.240 e. The third-order valence-corrected chi connectivity index (χ3v) is 3.28. The highest BCUT2D eigenvalue weighted by Gasteiger charge is 2.17. The van der Waals surface area contributed by atoms with Crippen molar-refractivity contribution in [3.63, 3.8) is 0 Å². The van der Waals surface area contributed by atoms with Gasteiger partial charge in [0, 0.05) is 5.56 Å². The number of rotatable bonds is 2. The van der Waals surface area contributed by atoms with E-state index < -0.39 is 0 Å². The molecule has 1 aromatic carbocycles. The highest BCUT2D eigenvalue weighted by molar-refractivity contribution is 5.62. The molecule has 0 spiro atoms. The van der Waals surface area contributed by atoms with Crippen LogP contribution in [0.5, 0.6) is 0 Å². The molecule has 1 aromatic heterocycles. The number of fused-ring (bicyclic) bond motifs is 1. The Labute approximate surface area is 99.8 Å². The molecule has 0 saturated heterocycles. The Balaban J connectivity index is 2.07. The van der Waals surface area contributed by atoms with E-state index in [2.05, 4.69) is 28.3 Å². The molecule has 1 aliphatic rings. The molecule has 2 N–H and O–H groups in total. The summed E-state index contributed by atoms with van der Waals surface area (Å²) in [5.74, 6) is 1.16. The summed E-state index contributed by atoms with van der Waals surface area (Å²) in [6.45, 7) is 0.294. The Hall–Kier alpha value is -1.68. The van der Waals surface area contributed by atoms with Crippen molar-refractivity contribution in [2.45, 2.75) is 32.2 Å². The van der Waals surface area contributed by atoms with Crippen LogP contribution in [0, 0.1) is 0 Å². The number of hydrogen-bond acceptors (Lipinski definition) is 4. The van der Waals surface area contributed by atoms with E-state index in [0.29, 0.717) is 18.3 Å². The maximum atomic E-state index is 5.48. The molecule has 2 aromatic rings. The fraction of sp³-hybridized carbons (Fsp3) is 0.385. The average molecular weight is 229 g/mol. The minimum Gasteiger partial charge on any atom is -0.338 e. The topological polar surface area (TPSA) is 64.9 Å². The van der Waals surface area contributed by atoms with Gasteiger partial charge in [-0.3, -0.25) is 0 Å². The fourth-order valence-corrected chi connectivity index (χ4v) is 2.44. The van der Waals surface area contributed by atoms with Gasteiger partial charge >= 0.3 is 0 Å². The van der Waals surface area contributed by atoms with Crippen molar-refractivity contribution in [3.8, 4) is 11.4 Å². The number of nitrogens with zero attached hydrogens (tertiary/aromatic N) is 2. The first kappa shape index (κ1) is 10.5. The molecular formula is C13H15N3O. The van der Waals surface area contributed by atoms with Crippen molar-refractivity contribution < 1.29 is 4.52 Å². The number of hydrogen-bond donors (Lipinski definition) is 1. The molecule has 0 atom stereocenters. The predicted molar refractivity (Wildman–Crippen MR) is 64.3 cm³/mol. The minimum absolute atomic E-state index is 0.294. The lowest BCUT2D eigenvalue weighted by Crippen LogP contribution is -2.04. The first-order chi connectivity index (χ1) is 8.38. The first-order valence-corrected chi connectivity index (χ1v) is 6.02. The average Bonchev–Trinajstić information content (AvgIpc) is 2.87. The number of aryl methyl sites for hydroxylation is 1. The van der Waals surface area contributed by atoms with Gasteiger partial charge in [-0.2, -0.15) is 4.98 Å². The van der Waals surface area contributed by atoms with Gasteiger partial charge in [0.25, 0.3) is 0 Å². The summed E-state index contributed by atoms with van der Waals surface area (Å²) in [6.07, 6.45) is 4.78. The highest BCUT2D eigenvalue weighted by Crippen LogP contribution is 2.29. The van der Waals surface area contributed by atoms with Gasteiger partial charge in [-0.15, -0.1) is 0 Å². The Morgan fingerprint density at radius 3 is 2.94 bits per heavy atom. The molecule has 1 heterocycles. The predicted octanol–water partition coefficient (Wildman–Crippen LogP) is 2.07. The summed E-state index contributed by atoms with van der Waals surface area (Å²) in [6, 6.07) is 6.33. The molecule has 3 rings (SSSR count). The van der Waals surface area contributed by atoms with Crippen molar-refractivity contribution in [3.05, 3.63) is 35.2 Å². The van der Waals surface area contributed by atoms with E-state index in [4.69, 9.17) is 10.3 Å². The van der Waals surface area contributed by atoms with Crippen molar-refractivity contribution in [2.24, 2.45) is 5.73 Å². The van der Waals surface area contributed by atoms with Crippen LogP contribution in [-0.2, 0) is 19.4 Å². The second-order valence-corrected chi connectivity index (χ2v) is 4.37. The molecule has 4 nitrogen and oxygen atoms in total. The number of aromatic nitrogens is 2. The Morgan fingerprint density at radius 1 is 1.24 bits per heavy atom. The molecular weight excluding hydrogens is 214 g/mol. The van der Waals surface area contributed by atoms with Crippen LogP contribution in [0.4, 0.5) is 0 Å². The standard InChI is InChI=1S/C13H15N3O/c14-8-12-15-13(16-17-12)11-7-3-5-9-4-1-2-6-10(9)11/h3,5,7H,1-2,4,6,8,14H2. The molecule has 4 heteroatoms. The molecule has 0 radical (unpaired) electrons. The third-order valence-electron chi connectivity index (χ3n) is 3.28. The van der Waals surface area contributed by atoms with E-state index in [1.807, 2.05) is 0 Å². The molecule has 0 unspecified atom stereocenters. The van der Waals surface area contributed by atoms with Crippen molar-refractivity contribution in [1.29, 1.82) is 0 Å². The van der Waals surface area contributed by atoms with Crippen LogP contribution < -0.4 is 5.73 Å². The van der Waals surface area contributed by atoms with Crippen LogP contribution in [0.2, 0.25) is 0 Å². The monoisotopic (exact) mass is 229 g/mol. The maximum absolute atomic E-state index is 5.48. The van der Waals surface area contributed by atoms with Gasteiger partial charge < -0.3 is 10.3 Å². The van der Waals surface area contributed by atoms with Crippen LogP contribution in [-0.4, -0.2) is 10.1 Å². The summed E-state index contributed by atoms with van der Waals surface area (Å²) in [5, 5.41) is 4.00. The quantitative estimate of drug-likeness (QED) is 0.856. The van der Waals surface area contributed by atoms with Crippen molar-refractivity contribution in [2.75, 3.05) is 0 Å². The number of nitrogens with two attached hydrogens (primary N) is 1. The van der Waals surface area contributed by atoms with Crippen LogP contribution in [0.3, 0.4) is 0 Å². The van der Waals surface area contributed by atoms with Crippen LogP contribution in [0.1, 0.15) is 29.9 Å². The van der Waals surface area contributed by atoms with Crippen LogP contribution >= 0.6 is 0 Å². The van der Waals surface area contributed by atoms with E-state index >= 15 is 0 Å². The number of benzene rings is 1. The lowest BCUT2D eigenvalue weighted by molar-refractivity contribution is 0.380. The first-order valence-electron chi connectivity index (χ1n) is 6.02. The Bertz CT molecular complexity index is 533. The van der Waals surface area contributed by atoms with Gasteiger partial charge in [-0.1, -0.05) is 23.4 Å². The van der Waals surface area contributed by atoms with Gasteiger partial charge in [0.2, 0.25) is 11.7 Å². The Morgan fingerprint density at radius 2 is 2.12 bits per heavy atom. The molecule has 17 heavy (non-hydrogen) atoms. The van der Waals surface area contributed by atoms with Crippen LogP contribution in [0.15, 0.2) is 22.7 Å². The molecule has 1 aliphatic carbocycles. The highest BCUT2D eigenvalue weighted by atomic mass is 16.5. The molecule has 0 saturated carbocycles. The molecule has 88 valence electrons. The second kappa shape index (κ2) is 4.30. The van der Waals surface area contributed by atoms with E-state index in [0.717, 1.165) is 18.4 Å². The van der Waals surface area contributed by atoms with Gasteiger partial charge in [0.15, 0.2) is 0 Å². The summed E-state index contributed by atoms with van der Waals surface area (Å²) >= 11 is 0. The molecule has 0 fully saturated rings. The molecule has 0 amide bonds. The Kier molecular flexibility index (Phi) is 2.65. The zero-order valence-corrected chi connectivity index (χ0v) is 9.65. The van der Waals surface area contributed by atoms with E-state index in [-0.39, 0.29) is 0 Å². The smallest absolute Gasteiger partial charge is 0.240 e. The van der Waals surface area contributed by atoms with Gasteiger partial charge in [-0.05, 0) is 36.8 Å². The third kappa shape index (κ3) is 1.85. The summed E-state index contributed by atoms with van der Waals surface area (Å²) < 4.78 is 5.07. The minimum atomic E-state index is 0.294. The zero-order chi connectivity index (χ0) is 11.7. The normalized spacial score (nSPS) is 14.6. The molecule has 0 bridgehead atoms. The van der Waals surface area contributed by atoms with E-state index in [1.165, 1.54) is 24.0 Å². The van der Waals surface area contributed by atoms with Gasteiger partial charge in [-0.25, -0.2) is 0 Å². The second-order valence-electron chi connectivity index (χ2n) is 4.37. The fourth-order valence-electron chi connectivity index (χ4n) is 2.44. The van der Waals surface area contributed by atoms with E-state index in [1.54, 1.807) is 0 Å². The summed E-state index contributed by atoms with van der Waals surface area (Å²) in [7, 11) is 0. The SMILES string of the molecule is NCc1nc(-c2cccc3c2CCCC3)no1. The summed E-state index contributed by atoms with van der Waals surface area (Å²) in [4.78, 5) is 4.30. The van der Waals surface area contributed by atoms with Crippen molar-refractivity contribution in [1.82, 2.24) is 10.1 Å². The van der Waals surface area contributed by atoms with Gasteiger partial charge in [0.05, 0.1) is 6.54 Å². The zero-order valence-electron chi connectivity index (χ0n) is 9.65. The van der Waals surface area contributed by atoms with Crippen molar-refractivity contribution >= 4 is 0 Å². The lowest BCUT2D eigenvalue weighted by atomic mass is 9.88.